The topological polar surface area (TPSA) is 97.2 Å². The van der Waals surface area contributed by atoms with E-state index in [1.807, 2.05) is 56.4 Å². The second-order valence-electron chi connectivity index (χ2n) is 10.5. The van der Waals surface area contributed by atoms with Crippen LogP contribution in [0.4, 0.5) is 5.95 Å². The highest BCUT2D eigenvalue weighted by molar-refractivity contribution is 5.81. The fourth-order valence-electron chi connectivity index (χ4n) is 5.41. The quantitative estimate of drug-likeness (QED) is 0.511. The Kier molecular flexibility index (Phi) is 7.41. The van der Waals surface area contributed by atoms with Gasteiger partial charge < -0.3 is 20.3 Å². The second kappa shape index (κ2) is 10.9. The smallest absolute Gasteiger partial charge is 0.227 e. The first-order valence-electron chi connectivity index (χ1n) is 13.2. The van der Waals surface area contributed by atoms with E-state index in [0.29, 0.717) is 19.0 Å². The monoisotopic (exact) mass is 503 g/mol. The van der Waals surface area contributed by atoms with Crippen molar-refractivity contribution in [3.05, 3.63) is 65.2 Å². The van der Waals surface area contributed by atoms with Crippen LogP contribution in [0.3, 0.4) is 0 Å². The number of carbonyl (C=O) groups excluding carboxylic acids is 1. The molecule has 1 unspecified atom stereocenters. The van der Waals surface area contributed by atoms with Crippen molar-refractivity contribution in [2.45, 2.75) is 64.8 Å². The van der Waals surface area contributed by atoms with Crippen LogP contribution in [-0.2, 0) is 31.4 Å². The van der Waals surface area contributed by atoms with Gasteiger partial charge in [0.15, 0.2) is 0 Å². The fourth-order valence-corrected chi connectivity index (χ4v) is 5.41. The summed E-state index contributed by atoms with van der Waals surface area (Å²) >= 11 is 0. The largest absolute Gasteiger partial charge is 0.491 e. The Hall–Kier alpha value is -3.46. The lowest BCUT2D eigenvalue weighted by atomic mass is 9.80. The summed E-state index contributed by atoms with van der Waals surface area (Å²) in [5.74, 6) is 1.65. The molecular weight excluding hydrogens is 466 g/mol. The summed E-state index contributed by atoms with van der Waals surface area (Å²) < 4.78 is 7.71. The summed E-state index contributed by atoms with van der Waals surface area (Å²) in [6.45, 7) is 8.86. The highest BCUT2D eigenvalue weighted by atomic mass is 16.5. The van der Waals surface area contributed by atoms with Crippen LogP contribution in [0, 0.1) is 5.92 Å². The van der Waals surface area contributed by atoms with E-state index in [1.54, 1.807) is 4.68 Å². The predicted molar refractivity (Wildman–Crippen MR) is 142 cm³/mol. The summed E-state index contributed by atoms with van der Waals surface area (Å²) in [6.07, 6.45) is 5.49. The number of aromatic nitrogens is 4. The Morgan fingerprint density at radius 1 is 1.30 bits per heavy atom. The number of nitrogens with zero attached hydrogens (tertiary/aromatic N) is 5. The van der Waals surface area contributed by atoms with Crippen LogP contribution in [0.2, 0.25) is 0 Å². The van der Waals surface area contributed by atoms with Gasteiger partial charge in [0.1, 0.15) is 5.75 Å². The maximum atomic E-state index is 14.0. The lowest BCUT2D eigenvalue weighted by Gasteiger charge is -2.40. The molecule has 0 saturated carbocycles. The van der Waals surface area contributed by atoms with Gasteiger partial charge in [-0.1, -0.05) is 12.1 Å². The van der Waals surface area contributed by atoms with Crippen LogP contribution in [0.25, 0.3) is 0 Å². The van der Waals surface area contributed by atoms with Gasteiger partial charge in [0.05, 0.1) is 30.6 Å². The van der Waals surface area contributed by atoms with Gasteiger partial charge >= 0.3 is 0 Å². The van der Waals surface area contributed by atoms with Gasteiger partial charge in [0, 0.05) is 43.9 Å². The zero-order chi connectivity index (χ0) is 25.9. The number of aryl methyl sites for hydroxylation is 1. The summed E-state index contributed by atoms with van der Waals surface area (Å²) in [6, 6.07) is 10.3. The summed E-state index contributed by atoms with van der Waals surface area (Å²) in [4.78, 5) is 25.3. The Labute approximate surface area is 218 Å². The van der Waals surface area contributed by atoms with Crippen molar-refractivity contribution in [1.29, 1.82) is 0 Å². The van der Waals surface area contributed by atoms with E-state index in [2.05, 4.69) is 39.8 Å². The van der Waals surface area contributed by atoms with Crippen molar-refractivity contribution in [3.8, 4) is 5.75 Å². The average Bonchev–Trinajstić information content (AvgIpc) is 3.31. The molecule has 3 atom stereocenters. The van der Waals surface area contributed by atoms with E-state index in [1.165, 1.54) is 0 Å². The summed E-state index contributed by atoms with van der Waals surface area (Å²) in [7, 11) is 1.90. The lowest BCUT2D eigenvalue weighted by molar-refractivity contribution is -0.140. The molecule has 37 heavy (non-hydrogen) atoms. The van der Waals surface area contributed by atoms with Crippen LogP contribution in [0.15, 0.2) is 42.7 Å². The number of nitrogens with one attached hydrogen (secondary N) is 2. The molecule has 1 saturated heterocycles. The average molecular weight is 504 g/mol. The third kappa shape index (κ3) is 5.77. The predicted octanol–water partition coefficient (Wildman–Crippen LogP) is 3.28. The number of piperidine rings is 1. The molecule has 0 radical (unpaired) electrons. The maximum absolute atomic E-state index is 14.0. The van der Waals surface area contributed by atoms with Gasteiger partial charge in [-0.25, -0.2) is 9.97 Å². The van der Waals surface area contributed by atoms with Crippen molar-refractivity contribution >= 4 is 11.9 Å². The molecule has 0 aliphatic carbocycles. The van der Waals surface area contributed by atoms with Crippen LogP contribution in [0.5, 0.6) is 5.75 Å². The van der Waals surface area contributed by atoms with E-state index in [0.717, 1.165) is 54.2 Å². The Morgan fingerprint density at radius 3 is 2.95 bits per heavy atom. The number of anilines is 1. The number of hydrogen-bond donors (Lipinski definition) is 2. The number of carbonyl (C=O) groups is 1. The minimum absolute atomic E-state index is 0.0804. The summed E-state index contributed by atoms with van der Waals surface area (Å²) in [5.41, 5.74) is 4.11. The van der Waals surface area contributed by atoms with E-state index < -0.39 is 0 Å². The molecule has 2 N–H and O–H groups in total. The lowest BCUT2D eigenvalue weighted by Crippen LogP contribution is -2.50. The Morgan fingerprint density at radius 2 is 2.16 bits per heavy atom. The first-order chi connectivity index (χ1) is 17.9. The number of benzene rings is 1. The van der Waals surface area contributed by atoms with E-state index in [9.17, 15) is 4.79 Å². The molecule has 0 spiro atoms. The molecule has 9 heteroatoms. The third-order valence-electron chi connectivity index (χ3n) is 7.26. The number of fused-ring (bicyclic) bond motifs is 1. The van der Waals surface area contributed by atoms with Crippen molar-refractivity contribution in [2.75, 3.05) is 18.4 Å². The van der Waals surface area contributed by atoms with Gasteiger partial charge in [-0.3, -0.25) is 9.48 Å². The molecule has 3 aromatic rings. The van der Waals surface area contributed by atoms with E-state index in [4.69, 9.17) is 9.72 Å². The molecule has 0 bridgehead atoms. The standard InChI is InChI=1S/C28H37N7O2/c1-18(2)37-23-7-5-6-20(13-23)25-16-29-10-8-24(25)27(36)35-17-26-21(12-19(35)3)14-30-28(32-26)31-15-22-9-11-34(4)33-22/h5-7,9,11,13-14,18-19,24-25,29H,8,10,12,15-17H2,1-4H3,(H,30,31,32)/t19-,24-,25?/m1/s1. The number of hydrogen-bond acceptors (Lipinski definition) is 7. The molecule has 1 fully saturated rings. The molecule has 9 nitrogen and oxygen atoms in total. The summed E-state index contributed by atoms with van der Waals surface area (Å²) in [5, 5.41) is 11.2. The van der Waals surface area contributed by atoms with Gasteiger partial charge in [0.2, 0.25) is 11.9 Å². The Balaban J connectivity index is 1.32. The Bertz CT molecular complexity index is 1240. The normalized spacial score (nSPS) is 21.5. The minimum Gasteiger partial charge on any atom is -0.491 e. The first kappa shape index (κ1) is 25.2. The number of rotatable bonds is 7. The zero-order valence-corrected chi connectivity index (χ0v) is 22.1. The first-order valence-corrected chi connectivity index (χ1v) is 13.2. The van der Waals surface area contributed by atoms with E-state index >= 15 is 0 Å². The van der Waals surface area contributed by atoms with Gasteiger partial charge in [-0.05, 0) is 69.5 Å². The van der Waals surface area contributed by atoms with Gasteiger partial charge in [0.25, 0.3) is 0 Å². The van der Waals surface area contributed by atoms with Crippen molar-refractivity contribution in [2.24, 2.45) is 13.0 Å². The maximum Gasteiger partial charge on any atom is 0.227 e. The molecule has 2 aliphatic rings. The van der Waals surface area contributed by atoms with Crippen LogP contribution in [-0.4, -0.2) is 55.8 Å². The third-order valence-corrected chi connectivity index (χ3v) is 7.26. The molecular formula is C28H37N7O2. The van der Waals surface area contributed by atoms with Gasteiger partial charge in [-0.2, -0.15) is 5.10 Å². The SMILES string of the molecule is CC(C)Oc1cccc(C2CNCC[C@H]2C(=O)N2Cc3nc(NCc4ccn(C)n4)ncc3C[C@H]2C)c1. The number of ether oxygens (including phenoxy) is 1. The van der Waals surface area contributed by atoms with Crippen molar-refractivity contribution in [3.63, 3.8) is 0 Å². The highest BCUT2D eigenvalue weighted by Gasteiger charge is 2.38. The molecule has 1 amide bonds. The molecule has 5 rings (SSSR count). The molecule has 2 aliphatic heterocycles. The van der Waals surface area contributed by atoms with Gasteiger partial charge in [-0.15, -0.1) is 0 Å². The van der Waals surface area contributed by atoms with Crippen molar-refractivity contribution in [1.82, 2.24) is 30.0 Å². The fraction of sp³-hybridized carbons (Fsp3) is 0.500. The molecule has 196 valence electrons. The van der Waals surface area contributed by atoms with Crippen LogP contribution >= 0.6 is 0 Å². The van der Waals surface area contributed by atoms with Crippen molar-refractivity contribution < 1.29 is 9.53 Å². The van der Waals surface area contributed by atoms with Crippen LogP contribution in [0.1, 0.15) is 55.6 Å². The molecule has 1 aromatic carbocycles. The molecule has 4 heterocycles. The molecule has 2 aromatic heterocycles. The highest BCUT2D eigenvalue weighted by Crippen LogP contribution is 2.35. The zero-order valence-electron chi connectivity index (χ0n) is 22.1. The van der Waals surface area contributed by atoms with Crippen LogP contribution < -0.4 is 15.4 Å². The van der Waals surface area contributed by atoms with E-state index in [-0.39, 0.29) is 29.9 Å². The second-order valence-corrected chi connectivity index (χ2v) is 10.5. The number of amides is 1. The minimum atomic E-state index is -0.0804.